The third-order valence-corrected chi connectivity index (χ3v) is 9.27. The average molecular weight is 669 g/mol. The Kier molecular flexibility index (Phi) is 10.4. The summed E-state index contributed by atoms with van der Waals surface area (Å²) in [6.07, 6.45) is 12.2. The van der Waals surface area contributed by atoms with Crippen LogP contribution in [0.25, 0.3) is 55.4 Å². The van der Waals surface area contributed by atoms with E-state index in [0.717, 1.165) is 50.2 Å². The highest BCUT2D eigenvalue weighted by Gasteiger charge is 2.12. The van der Waals surface area contributed by atoms with Gasteiger partial charge in [0.15, 0.2) is 5.84 Å². The number of amidine groups is 1. The van der Waals surface area contributed by atoms with Crippen LogP contribution in [0.1, 0.15) is 29.2 Å². The smallest absolute Gasteiger partial charge is 0.154 e. The Labute approximate surface area is 306 Å². The first-order valence-corrected chi connectivity index (χ1v) is 17.6. The second-order valence-corrected chi connectivity index (χ2v) is 12.6. The number of nitrogens with zero attached hydrogens (tertiary/aromatic N) is 2. The molecule has 0 N–H and O–H groups in total. The number of hydrogen-bond donors (Lipinski definition) is 0. The summed E-state index contributed by atoms with van der Waals surface area (Å²) < 4.78 is 0. The van der Waals surface area contributed by atoms with Gasteiger partial charge in [-0.1, -0.05) is 176 Å². The fourth-order valence-electron chi connectivity index (χ4n) is 6.61. The van der Waals surface area contributed by atoms with Gasteiger partial charge < -0.3 is 0 Å². The first-order valence-electron chi connectivity index (χ1n) is 17.6. The van der Waals surface area contributed by atoms with Gasteiger partial charge in [-0.2, -0.15) is 0 Å². The van der Waals surface area contributed by atoms with Crippen LogP contribution in [0.5, 0.6) is 0 Å². The Balaban J connectivity index is 1.30. The molecule has 0 spiro atoms. The summed E-state index contributed by atoms with van der Waals surface area (Å²) in [5, 5.41) is 4.95. The number of allylic oxidation sites excluding steroid dienone is 6. The second-order valence-electron chi connectivity index (χ2n) is 12.6. The molecule has 0 radical (unpaired) electrons. The lowest BCUT2D eigenvalue weighted by Gasteiger charge is -2.12. The molecule has 7 aromatic carbocycles. The highest BCUT2D eigenvalue weighted by molar-refractivity contribution is 6.19. The van der Waals surface area contributed by atoms with Gasteiger partial charge in [-0.25, -0.2) is 4.99 Å². The first-order chi connectivity index (χ1) is 25.6. The van der Waals surface area contributed by atoms with Gasteiger partial charge in [0.1, 0.15) is 0 Å². The van der Waals surface area contributed by atoms with Crippen LogP contribution in [0.4, 0.5) is 0 Å². The molecule has 0 unspecified atom stereocenters. The summed E-state index contributed by atoms with van der Waals surface area (Å²) in [5.74, 6) is 0.664. The van der Waals surface area contributed by atoms with E-state index in [9.17, 15) is 0 Å². The minimum atomic E-state index is 0.664. The zero-order valence-corrected chi connectivity index (χ0v) is 29.6. The van der Waals surface area contributed by atoms with Gasteiger partial charge in [-0.05, 0) is 91.7 Å². The maximum Gasteiger partial charge on any atom is 0.154 e. The van der Waals surface area contributed by atoms with E-state index in [1.807, 2.05) is 38.3 Å². The van der Waals surface area contributed by atoms with Crippen LogP contribution < -0.4 is 0 Å². The third kappa shape index (κ3) is 7.43. The molecular weight excluding hydrogens is 629 g/mol. The third-order valence-electron chi connectivity index (χ3n) is 9.27. The van der Waals surface area contributed by atoms with Gasteiger partial charge in [-0.15, -0.1) is 0 Å². The molecule has 7 rings (SSSR count). The second kappa shape index (κ2) is 15.9. The van der Waals surface area contributed by atoms with Crippen molar-refractivity contribution in [1.29, 1.82) is 0 Å². The van der Waals surface area contributed by atoms with Crippen LogP contribution >= 0.6 is 0 Å². The Hall–Kier alpha value is -6.64. The lowest BCUT2D eigenvalue weighted by Crippen LogP contribution is -2.05. The Bertz CT molecular complexity index is 2530. The maximum atomic E-state index is 5.27. The van der Waals surface area contributed by atoms with Crippen molar-refractivity contribution in [3.8, 4) is 22.3 Å². The Morgan fingerprint density at radius 1 is 0.577 bits per heavy atom. The van der Waals surface area contributed by atoms with E-state index in [4.69, 9.17) is 9.98 Å². The summed E-state index contributed by atoms with van der Waals surface area (Å²) in [7, 11) is 1.82. The van der Waals surface area contributed by atoms with Crippen molar-refractivity contribution in [3.63, 3.8) is 0 Å². The van der Waals surface area contributed by atoms with Gasteiger partial charge in [0.25, 0.3) is 0 Å². The minimum absolute atomic E-state index is 0.664. The number of aliphatic imine (C=N–C) groups is 2. The van der Waals surface area contributed by atoms with Crippen molar-refractivity contribution >= 4 is 44.7 Å². The van der Waals surface area contributed by atoms with Crippen molar-refractivity contribution in [3.05, 3.63) is 217 Å². The zero-order valence-electron chi connectivity index (χ0n) is 29.6. The predicted octanol–water partition coefficient (Wildman–Crippen LogP) is 13.1. The van der Waals surface area contributed by atoms with Gasteiger partial charge in [-0.3, -0.25) is 4.99 Å². The molecule has 0 aliphatic heterocycles. The summed E-state index contributed by atoms with van der Waals surface area (Å²) in [6.45, 7) is 6.01. The molecule has 250 valence electrons. The van der Waals surface area contributed by atoms with Gasteiger partial charge in [0, 0.05) is 18.2 Å². The van der Waals surface area contributed by atoms with Gasteiger partial charge in [0.2, 0.25) is 0 Å². The largest absolute Gasteiger partial charge is 0.270 e. The normalized spacial score (nSPS) is 12.7. The van der Waals surface area contributed by atoms with E-state index in [-0.39, 0.29) is 0 Å². The topological polar surface area (TPSA) is 24.7 Å². The monoisotopic (exact) mass is 668 g/mol. The average Bonchev–Trinajstić information content (AvgIpc) is 3.22. The zero-order chi connectivity index (χ0) is 35.7. The summed E-state index contributed by atoms with van der Waals surface area (Å²) in [5.41, 5.74) is 10.7. The van der Waals surface area contributed by atoms with E-state index in [1.54, 1.807) is 0 Å². The molecular formula is C50H40N2. The molecule has 0 fully saturated rings. The molecule has 0 aromatic heterocycles. The number of benzene rings is 7. The summed E-state index contributed by atoms with van der Waals surface area (Å²) >= 11 is 0. The van der Waals surface area contributed by atoms with Crippen LogP contribution in [-0.4, -0.2) is 18.6 Å². The van der Waals surface area contributed by atoms with E-state index in [1.165, 1.54) is 27.1 Å². The Morgan fingerprint density at radius 3 is 1.98 bits per heavy atom. The highest BCUT2D eigenvalue weighted by Crippen LogP contribution is 2.35. The van der Waals surface area contributed by atoms with E-state index in [0.29, 0.717) is 5.84 Å². The lowest BCUT2D eigenvalue weighted by molar-refractivity contribution is 1.38. The van der Waals surface area contributed by atoms with Gasteiger partial charge >= 0.3 is 0 Å². The standard InChI is InChI=1S/C50H40N2/c1-4-6-16-37(5-2)39-30-27-36(28-31-39)29-32-49(43-22-14-20-40(33-43)38-17-8-7-9-18-38)52-50(51-3)44-23-15-21-41(34-44)48-35-42-19-10-11-24-45(42)46-25-12-13-26-47(46)48/h4-35H,2H2,1,3H3/b6-4-,32-29+,37-16+,51-50?,52-49?. The fourth-order valence-corrected chi connectivity index (χ4v) is 6.61. The van der Waals surface area contributed by atoms with Crippen LogP contribution in [-0.2, 0) is 0 Å². The van der Waals surface area contributed by atoms with Crippen molar-refractivity contribution in [2.24, 2.45) is 9.98 Å². The molecule has 0 aliphatic rings. The van der Waals surface area contributed by atoms with Gasteiger partial charge in [0.05, 0.1) is 5.71 Å². The van der Waals surface area contributed by atoms with E-state index >= 15 is 0 Å². The number of hydrogen-bond acceptors (Lipinski definition) is 1. The summed E-state index contributed by atoms with van der Waals surface area (Å²) in [6, 6.07) is 55.7. The van der Waals surface area contributed by atoms with E-state index < -0.39 is 0 Å². The van der Waals surface area contributed by atoms with Crippen LogP contribution in [0.3, 0.4) is 0 Å². The molecule has 0 saturated heterocycles. The predicted molar refractivity (Wildman–Crippen MR) is 226 cm³/mol. The molecule has 2 nitrogen and oxygen atoms in total. The first kappa shape index (κ1) is 33.8. The summed E-state index contributed by atoms with van der Waals surface area (Å²) in [4.78, 5) is 10.0. The van der Waals surface area contributed by atoms with E-state index in [2.05, 4.69) is 176 Å². The van der Waals surface area contributed by atoms with Crippen molar-refractivity contribution in [1.82, 2.24) is 0 Å². The molecule has 7 aromatic rings. The lowest BCUT2D eigenvalue weighted by atomic mass is 9.92. The Morgan fingerprint density at radius 2 is 1.23 bits per heavy atom. The van der Waals surface area contributed by atoms with Crippen LogP contribution in [0.15, 0.2) is 205 Å². The van der Waals surface area contributed by atoms with Crippen molar-refractivity contribution in [2.45, 2.75) is 6.92 Å². The molecule has 0 aliphatic carbocycles. The minimum Gasteiger partial charge on any atom is -0.270 e. The molecule has 0 heterocycles. The van der Waals surface area contributed by atoms with Crippen molar-refractivity contribution in [2.75, 3.05) is 7.05 Å². The molecule has 52 heavy (non-hydrogen) atoms. The molecule has 2 heteroatoms. The SMILES string of the molecule is C=C/C(=C\C=C/C)c1ccc(/C=C/C(=NC(=NC)c2cccc(-c3cc4ccccc4c4ccccc34)c2)c2cccc(-c3ccccc3)c2)cc1. The molecule has 0 bridgehead atoms. The number of rotatable bonds is 9. The van der Waals surface area contributed by atoms with Crippen molar-refractivity contribution < 1.29 is 0 Å². The van der Waals surface area contributed by atoms with Crippen LogP contribution in [0, 0.1) is 0 Å². The highest BCUT2D eigenvalue weighted by atomic mass is 14.9. The molecule has 0 atom stereocenters. The quantitative estimate of drug-likeness (QED) is 0.0633. The van der Waals surface area contributed by atoms with Crippen LogP contribution in [0.2, 0.25) is 0 Å². The molecule has 0 amide bonds. The maximum absolute atomic E-state index is 5.27. The molecule has 0 saturated carbocycles. The fraction of sp³-hybridized carbons (Fsp3) is 0.0400. The number of fused-ring (bicyclic) bond motifs is 3.